The van der Waals surface area contributed by atoms with E-state index < -0.39 is 0 Å². The number of benzene rings is 8. The van der Waals surface area contributed by atoms with Gasteiger partial charge in [0.25, 0.3) is 0 Å². The molecule has 0 unspecified atom stereocenters. The molecule has 16 heteroatoms. The van der Waals surface area contributed by atoms with Crippen LogP contribution in [-0.4, -0.2) is 63.5 Å². The first kappa shape index (κ1) is 104. The van der Waals surface area contributed by atoms with Crippen molar-refractivity contribution >= 4 is 66.7 Å². The third-order valence-corrected chi connectivity index (χ3v) is 16.4. The summed E-state index contributed by atoms with van der Waals surface area (Å²) in [5.41, 5.74) is 26.4. The van der Waals surface area contributed by atoms with E-state index in [1.165, 1.54) is 146 Å². The Morgan fingerprint density at radius 3 is 1.09 bits per heavy atom. The topological polar surface area (TPSA) is 201 Å². The van der Waals surface area contributed by atoms with Gasteiger partial charge in [-0.2, -0.15) is 0 Å². The summed E-state index contributed by atoms with van der Waals surface area (Å²) in [6.45, 7) is 39.4. The quantitative estimate of drug-likeness (QED) is 0.0457. The van der Waals surface area contributed by atoms with Crippen LogP contribution in [-0.2, 0) is 119 Å². The van der Waals surface area contributed by atoms with Crippen LogP contribution in [0.3, 0.4) is 0 Å². The Labute approximate surface area is 737 Å². The number of fused-ring (bicyclic) bond motifs is 4. The number of aromatic nitrogens is 4. The molecular formula is C99H110Ir4N4O8-4. The Hall–Kier alpha value is -9.16. The molecule has 0 aliphatic heterocycles. The van der Waals surface area contributed by atoms with E-state index in [4.69, 9.17) is 35.4 Å². The van der Waals surface area contributed by atoms with E-state index in [0.29, 0.717) is 11.8 Å². The predicted octanol–water partition coefficient (Wildman–Crippen LogP) is 24.8. The number of nitrogens with zero attached hydrogens (tertiary/aromatic N) is 4. The van der Waals surface area contributed by atoms with Gasteiger partial charge >= 0.3 is 0 Å². The molecule has 0 fully saturated rings. The Morgan fingerprint density at radius 1 is 0.365 bits per heavy atom. The molecule has 0 bridgehead atoms. The van der Waals surface area contributed by atoms with E-state index >= 15 is 0 Å². The fourth-order valence-corrected chi connectivity index (χ4v) is 12.0. The molecule has 4 heterocycles. The van der Waals surface area contributed by atoms with E-state index in [2.05, 4.69) is 271 Å². The average molecular weight is 2250 g/mol. The van der Waals surface area contributed by atoms with Crippen LogP contribution < -0.4 is 0 Å². The number of aliphatic hydroxyl groups is 4. The van der Waals surface area contributed by atoms with Crippen LogP contribution in [0.25, 0.3) is 88.6 Å². The standard InChI is InChI=1S/2C21H22N.C20H20N.C17H14N.4C5H8O2.4Ir/c1-14(2)9-17-5-6-18-7-8-20(22-21(18)13-17)19-11-15(3)10-16(4)12-19;1-14(2)10-17-6-5-7-21-19(17)8-9-20(22-21)18-12-15(3)11-16(4)13-18;1-4-5-16-6-7-17-8-9-19(21-20(17)13-16)18-11-14(2)10-15(3)12-18;1-12-7-8-15(11-13(12)2)17-10-9-14-5-3-4-6-16(14)18-17;4*1-4(6)3-5(2)7;;;;/h5-8,10-11,13-14H,9H2,1-4H3;5-9,11-12,14H,10H2,1-4H3;6-11,13H,4-5H2,1-3H3;3-7,9-11H,1-2H3;4*3,6H,1-2H3;;;;/q4*-1;;;;;;;;. The van der Waals surface area contributed by atoms with Crippen LogP contribution in [0.15, 0.2) is 223 Å². The number of hydrogen-bond donors (Lipinski definition) is 4. The number of para-hydroxylation sites is 1. The summed E-state index contributed by atoms with van der Waals surface area (Å²) in [4.78, 5) is 59.3. The second kappa shape index (κ2) is 52.4. The molecule has 4 N–H and O–H groups in total. The average Bonchev–Trinajstić information content (AvgIpc) is 0.794. The van der Waals surface area contributed by atoms with E-state index in [9.17, 15) is 19.2 Å². The molecule has 4 aromatic heterocycles. The zero-order valence-corrected chi connectivity index (χ0v) is 79.7. The Balaban J connectivity index is 0.000000684. The number of carbonyl (C=O) groups excluding carboxylic acids is 4. The summed E-state index contributed by atoms with van der Waals surface area (Å²) in [7, 11) is 0. The van der Waals surface area contributed by atoms with Crippen molar-refractivity contribution in [3.05, 3.63) is 309 Å². The molecule has 12 rings (SSSR count). The second-order valence-corrected chi connectivity index (χ2v) is 29.0. The van der Waals surface area contributed by atoms with Crippen molar-refractivity contribution in [2.24, 2.45) is 11.8 Å². The predicted molar refractivity (Wildman–Crippen MR) is 461 cm³/mol. The first-order chi connectivity index (χ1) is 52.4. The molecule has 115 heavy (non-hydrogen) atoms. The van der Waals surface area contributed by atoms with Gasteiger partial charge in [-0.05, 0) is 166 Å². The zero-order chi connectivity index (χ0) is 82.2. The molecular weight excluding hydrogens is 2140 g/mol. The first-order valence-electron chi connectivity index (χ1n) is 37.5. The normalized spacial score (nSPS) is 10.8. The van der Waals surface area contributed by atoms with E-state index in [1.807, 2.05) is 24.3 Å². The van der Waals surface area contributed by atoms with Gasteiger partial charge in [-0.3, -0.25) is 39.1 Å². The van der Waals surface area contributed by atoms with Crippen molar-refractivity contribution in [1.29, 1.82) is 0 Å². The van der Waals surface area contributed by atoms with Crippen molar-refractivity contribution in [3.8, 4) is 45.0 Å². The molecule has 4 radical (unpaired) electrons. The summed E-state index contributed by atoms with van der Waals surface area (Å²) in [5, 5.41) is 38.3. The molecule has 614 valence electrons. The minimum atomic E-state index is -0.125. The van der Waals surface area contributed by atoms with Crippen molar-refractivity contribution in [1.82, 2.24) is 19.9 Å². The number of aryl methyl sites for hydroxylation is 9. The Kier molecular flexibility index (Phi) is 47.3. The number of rotatable bonds is 14. The SMILES string of the molecule is CC(=O)C=C(C)O.CC(=O)C=C(C)O.CC(=O)C=C(C)O.CC(=O)C=C(C)O.CCCc1ccc2ccc(-c3[c-]c(C)cc(C)c3)nc2c1.Cc1[c-]c(-c2ccc3c(CC(C)C)cccc3n2)cc(C)c1.Cc1[c-]c(-c2ccc3ccc(CC(C)C)cc3n2)cc(C)c1.Cc1c[c-]c(-c2ccc3ccccc3n2)cc1C.[Ir].[Ir].[Ir].[Ir]. The van der Waals surface area contributed by atoms with Gasteiger partial charge in [-0.25, -0.2) is 0 Å². The fraction of sp³-hybridized carbons (Fsp3) is 0.273. The van der Waals surface area contributed by atoms with Crippen LogP contribution in [0, 0.1) is 91.5 Å². The fourth-order valence-electron chi connectivity index (χ4n) is 12.0. The molecule has 12 nitrogen and oxygen atoms in total. The second-order valence-electron chi connectivity index (χ2n) is 29.0. The molecule has 0 amide bonds. The van der Waals surface area contributed by atoms with Crippen molar-refractivity contribution < 1.29 is 120 Å². The molecule has 8 aromatic carbocycles. The zero-order valence-electron chi connectivity index (χ0n) is 70.1. The summed E-state index contributed by atoms with van der Waals surface area (Å²) < 4.78 is 0. The maximum Gasteiger partial charge on any atom is 0.155 e. The molecule has 12 aromatic rings. The monoisotopic (exact) mass is 2250 g/mol. The third-order valence-electron chi connectivity index (χ3n) is 16.4. The largest absolute Gasteiger partial charge is 0.512 e. The van der Waals surface area contributed by atoms with E-state index in [-0.39, 0.29) is 127 Å². The molecule has 0 spiro atoms. The summed E-state index contributed by atoms with van der Waals surface area (Å²) in [6.07, 6.45) is 9.12. The molecule has 0 atom stereocenters. The molecule has 0 aliphatic rings. The number of ketones is 4. The van der Waals surface area contributed by atoms with Crippen molar-refractivity contribution in [2.45, 2.75) is 171 Å². The van der Waals surface area contributed by atoms with Gasteiger partial charge in [0.15, 0.2) is 23.1 Å². The Bertz CT molecular complexity index is 5080. The van der Waals surface area contributed by atoms with Gasteiger partial charge < -0.3 is 20.4 Å². The van der Waals surface area contributed by atoms with Crippen LogP contribution in [0.1, 0.15) is 158 Å². The van der Waals surface area contributed by atoms with Crippen LogP contribution >= 0.6 is 0 Å². The molecule has 0 saturated carbocycles. The third kappa shape index (κ3) is 38.4. The van der Waals surface area contributed by atoms with Gasteiger partial charge in [0.2, 0.25) is 0 Å². The minimum absolute atomic E-state index is 0. The number of hydrogen-bond acceptors (Lipinski definition) is 12. The number of aliphatic hydroxyl groups excluding tert-OH is 4. The van der Waals surface area contributed by atoms with Gasteiger partial charge in [0.05, 0.1) is 45.1 Å². The van der Waals surface area contributed by atoms with E-state index in [1.54, 1.807) is 0 Å². The van der Waals surface area contributed by atoms with Gasteiger partial charge in [-0.1, -0.05) is 200 Å². The summed E-state index contributed by atoms with van der Waals surface area (Å²) >= 11 is 0. The summed E-state index contributed by atoms with van der Waals surface area (Å²) in [5.74, 6) is 1.06. The van der Waals surface area contributed by atoms with Gasteiger partial charge in [0.1, 0.15) is 0 Å². The number of pyridine rings is 4. The first-order valence-corrected chi connectivity index (χ1v) is 37.5. The number of allylic oxidation sites excluding steroid dienone is 8. The van der Waals surface area contributed by atoms with Crippen LogP contribution in [0.2, 0.25) is 0 Å². The molecule has 0 aliphatic carbocycles. The van der Waals surface area contributed by atoms with Crippen LogP contribution in [0.5, 0.6) is 0 Å². The minimum Gasteiger partial charge on any atom is -0.512 e. The van der Waals surface area contributed by atoms with E-state index in [0.717, 1.165) is 109 Å². The van der Waals surface area contributed by atoms with Crippen molar-refractivity contribution in [2.75, 3.05) is 0 Å². The Morgan fingerprint density at radius 2 is 0.713 bits per heavy atom. The maximum absolute atomic E-state index is 10.0. The maximum atomic E-state index is 10.0. The molecule has 0 saturated heterocycles. The van der Waals surface area contributed by atoms with Crippen LogP contribution in [0.4, 0.5) is 0 Å². The smallest absolute Gasteiger partial charge is 0.155 e. The van der Waals surface area contributed by atoms with Gasteiger partial charge in [-0.15, -0.1) is 140 Å². The summed E-state index contributed by atoms with van der Waals surface area (Å²) in [6, 6.07) is 75.4. The van der Waals surface area contributed by atoms with Crippen molar-refractivity contribution in [3.63, 3.8) is 0 Å². The number of carbonyl (C=O) groups is 4. The van der Waals surface area contributed by atoms with Gasteiger partial charge in [0, 0.05) is 110 Å².